The van der Waals surface area contributed by atoms with E-state index < -0.39 is 0 Å². The Balaban J connectivity index is 1.66. The maximum absolute atomic E-state index is 12.1. The number of carbonyl (C=O) groups excluding carboxylic acids is 1. The van der Waals surface area contributed by atoms with Crippen molar-refractivity contribution in [2.75, 3.05) is 18.5 Å². The number of anilines is 1. The molecule has 124 valence electrons. The third-order valence-corrected chi connectivity index (χ3v) is 4.55. The van der Waals surface area contributed by atoms with Crippen molar-refractivity contribution in [3.05, 3.63) is 71.3 Å². The highest BCUT2D eigenvalue weighted by Gasteiger charge is 2.16. The second-order valence-electron chi connectivity index (χ2n) is 6.39. The normalized spacial score (nSPS) is 15.2. The summed E-state index contributed by atoms with van der Waals surface area (Å²) in [5.74, 6) is -0.0718. The quantitative estimate of drug-likeness (QED) is 0.865. The minimum atomic E-state index is -0.0718. The number of rotatable bonds is 4. The van der Waals surface area contributed by atoms with Gasteiger partial charge >= 0.3 is 0 Å². The zero-order valence-corrected chi connectivity index (χ0v) is 14.3. The van der Waals surface area contributed by atoms with E-state index in [-0.39, 0.29) is 11.9 Å². The molecule has 3 nitrogen and oxygen atoms in total. The second kappa shape index (κ2) is 7.35. The third kappa shape index (κ3) is 3.85. The maximum atomic E-state index is 12.1. The van der Waals surface area contributed by atoms with E-state index in [0.717, 1.165) is 24.1 Å². The summed E-state index contributed by atoms with van der Waals surface area (Å²) in [5.41, 5.74) is 4.86. The van der Waals surface area contributed by atoms with Gasteiger partial charge in [0, 0.05) is 25.4 Å². The van der Waals surface area contributed by atoms with Crippen molar-refractivity contribution in [2.24, 2.45) is 0 Å². The van der Waals surface area contributed by atoms with Crippen LogP contribution >= 0.6 is 0 Å². The first kappa shape index (κ1) is 16.3. The molecule has 3 rings (SSSR count). The predicted molar refractivity (Wildman–Crippen MR) is 100 cm³/mol. The number of aryl methyl sites for hydroxylation is 1. The molecule has 2 aromatic carbocycles. The van der Waals surface area contributed by atoms with Gasteiger partial charge in [0.15, 0.2) is 0 Å². The van der Waals surface area contributed by atoms with Gasteiger partial charge in [0.25, 0.3) is 0 Å². The lowest BCUT2D eigenvalue weighted by atomic mass is 9.97. The Bertz CT molecular complexity index is 737. The van der Waals surface area contributed by atoms with Crippen molar-refractivity contribution < 1.29 is 4.79 Å². The van der Waals surface area contributed by atoms with Gasteiger partial charge in [-0.1, -0.05) is 42.5 Å². The van der Waals surface area contributed by atoms with Gasteiger partial charge in [-0.3, -0.25) is 4.79 Å². The Kier molecular flexibility index (Phi) is 4.99. The molecule has 1 amide bonds. The van der Waals surface area contributed by atoms with E-state index in [4.69, 9.17) is 0 Å². The molecule has 0 aromatic heterocycles. The molecule has 0 bridgehead atoms. The molecule has 1 heterocycles. The van der Waals surface area contributed by atoms with E-state index in [0.29, 0.717) is 0 Å². The molecular weight excluding hydrogens is 296 g/mol. The summed E-state index contributed by atoms with van der Waals surface area (Å²) < 4.78 is 0. The molecule has 1 aliphatic rings. The number of carbonyl (C=O) groups is 1. The Morgan fingerprint density at radius 3 is 2.79 bits per heavy atom. The van der Waals surface area contributed by atoms with Crippen LogP contribution in [0.25, 0.3) is 6.08 Å². The number of hydrogen-bond donors (Lipinski definition) is 1. The first-order chi connectivity index (χ1) is 11.6. The lowest BCUT2D eigenvalue weighted by molar-refractivity contribution is -0.117. The summed E-state index contributed by atoms with van der Waals surface area (Å²) >= 11 is 0. The van der Waals surface area contributed by atoms with Gasteiger partial charge in [-0.05, 0) is 48.6 Å². The van der Waals surface area contributed by atoms with E-state index in [1.54, 1.807) is 6.08 Å². The number of benzene rings is 2. The predicted octanol–water partition coefficient (Wildman–Crippen LogP) is 3.96. The summed E-state index contributed by atoms with van der Waals surface area (Å²) in [5, 5.41) is 3.04. The van der Waals surface area contributed by atoms with Crippen LogP contribution in [-0.4, -0.2) is 19.5 Å². The molecule has 1 aliphatic heterocycles. The highest BCUT2D eigenvalue weighted by Crippen LogP contribution is 2.29. The number of fused-ring (bicyclic) bond motifs is 1. The Morgan fingerprint density at radius 2 is 2.00 bits per heavy atom. The zero-order chi connectivity index (χ0) is 16.9. The van der Waals surface area contributed by atoms with Crippen LogP contribution in [0.3, 0.4) is 0 Å². The van der Waals surface area contributed by atoms with Crippen molar-refractivity contribution in [1.29, 1.82) is 0 Å². The molecule has 1 atom stereocenters. The summed E-state index contributed by atoms with van der Waals surface area (Å²) in [6, 6.07) is 16.4. The largest absolute Gasteiger partial charge is 0.374 e. The van der Waals surface area contributed by atoms with Crippen LogP contribution in [0.15, 0.2) is 54.6 Å². The van der Waals surface area contributed by atoms with Gasteiger partial charge in [-0.15, -0.1) is 0 Å². The standard InChI is InChI=1S/C21H24N2O/c1-16(22-21(24)13-10-17-7-4-3-5-8-17)19-12-11-18-9-6-14-23(2)20(18)15-19/h3-5,7-8,10-13,15-16H,6,9,14H2,1-2H3,(H,22,24)/b13-10+. The highest BCUT2D eigenvalue weighted by molar-refractivity contribution is 5.92. The van der Waals surface area contributed by atoms with Crippen LogP contribution in [0.4, 0.5) is 5.69 Å². The summed E-state index contributed by atoms with van der Waals surface area (Å²) in [7, 11) is 2.13. The van der Waals surface area contributed by atoms with Gasteiger partial charge < -0.3 is 10.2 Å². The zero-order valence-electron chi connectivity index (χ0n) is 14.3. The minimum Gasteiger partial charge on any atom is -0.374 e. The fourth-order valence-corrected chi connectivity index (χ4v) is 3.12. The number of nitrogens with zero attached hydrogens (tertiary/aromatic N) is 1. The van der Waals surface area contributed by atoms with Gasteiger partial charge in [-0.2, -0.15) is 0 Å². The van der Waals surface area contributed by atoms with E-state index >= 15 is 0 Å². The van der Waals surface area contributed by atoms with E-state index in [9.17, 15) is 4.79 Å². The lowest BCUT2D eigenvalue weighted by Gasteiger charge is -2.28. The van der Waals surface area contributed by atoms with Crippen molar-refractivity contribution in [1.82, 2.24) is 5.32 Å². The molecule has 0 radical (unpaired) electrons. The second-order valence-corrected chi connectivity index (χ2v) is 6.39. The molecule has 0 fully saturated rings. The van der Waals surface area contributed by atoms with Crippen LogP contribution in [-0.2, 0) is 11.2 Å². The Labute approximate surface area is 144 Å². The molecule has 1 N–H and O–H groups in total. The van der Waals surface area contributed by atoms with Crippen LogP contribution < -0.4 is 10.2 Å². The van der Waals surface area contributed by atoms with Crippen LogP contribution in [0.2, 0.25) is 0 Å². The molecule has 0 spiro atoms. The van der Waals surface area contributed by atoms with Crippen molar-refractivity contribution in [2.45, 2.75) is 25.8 Å². The van der Waals surface area contributed by atoms with Gasteiger partial charge in [0.2, 0.25) is 5.91 Å². The number of nitrogens with one attached hydrogen (secondary N) is 1. The molecule has 3 heteroatoms. The summed E-state index contributed by atoms with van der Waals surface area (Å²) in [6.45, 7) is 3.12. The molecule has 0 aliphatic carbocycles. The topological polar surface area (TPSA) is 32.3 Å². The molecule has 0 saturated carbocycles. The van der Waals surface area contributed by atoms with E-state index in [1.807, 2.05) is 43.3 Å². The molecule has 2 aromatic rings. The molecule has 0 saturated heterocycles. The maximum Gasteiger partial charge on any atom is 0.244 e. The van der Waals surface area contributed by atoms with Crippen LogP contribution in [0.5, 0.6) is 0 Å². The van der Waals surface area contributed by atoms with E-state index in [1.165, 1.54) is 17.7 Å². The highest BCUT2D eigenvalue weighted by atomic mass is 16.1. The van der Waals surface area contributed by atoms with Crippen LogP contribution in [0.1, 0.15) is 36.1 Å². The Hall–Kier alpha value is -2.55. The fraction of sp³-hybridized carbons (Fsp3) is 0.286. The SMILES string of the molecule is CC(NC(=O)/C=C/c1ccccc1)c1ccc2c(c1)N(C)CCC2. The first-order valence-electron chi connectivity index (χ1n) is 8.51. The number of hydrogen-bond acceptors (Lipinski definition) is 2. The van der Waals surface area contributed by atoms with Crippen molar-refractivity contribution in [3.63, 3.8) is 0 Å². The van der Waals surface area contributed by atoms with Crippen molar-refractivity contribution >= 4 is 17.7 Å². The van der Waals surface area contributed by atoms with Crippen LogP contribution in [0, 0.1) is 0 Å². The van der Waals surface area contributed by atoms with Gasteiger partial charge in [0.05, 0.1) is 6.04 Å². The van der Waals surface area contributed by atoms with E-state index in [2.05, 4.69) is 35.5 Å². The van der Waals surface area contributed by atoms with Crippen molar-refractivity contribution in [3.8, 4) is 0 Å². The average Bonchev–Trinajstić information content (AvgIpc) is 2.61. The lowest BCUT2D eigenvalue weighted by Crippen LogP contribution is -2.27. The van der Waals surface area contributed by atoms with Gasteiger partial charge in [0.1, 0.15) is 0 Å². The first-order valence-corrected chi connectivity index (χ1v) is 8.51. The third-order valence-electron chi connectivity index (χ3n) is 4.55. The molecular formula is C21H24N2O. The average molecular weight is 320 g/mol. The Morgan fingerprint density at radius 1 is 1.21 bits per heavy atom. The monoisotopic (exact) mass is 320 g/mol. The molecule has 1 unspecified atom stereocenters. The summed E-state index contributed by atoms with van der Waals surface area (Å²) in [4.78, 5) is 14.4. The fourth-order valence-electron chi connectivity index (χ4n) is 3.12. The number of amides is 1. The smallest absolute Gasteiger partial charge is 0.244 e. The minimum absolute atomic E-state index is 0.0152. The van der Waals surface area contributed by atoms with Gasteiger partial charge in [-0.25, -0.2) is 0 Å². The summed E-state index contributed by atoms with van der Waals surface area (Å²) in [6.07, 6.45) is 5.78. The molecule has 24 heavy (non-hydrogen) atoms.